The summed E-state index contributed by atoms with van der Waals surface area (Å²) in [5, 5.41) is 4.35. The van der Waals surface area contributed by atoms with Crippen molar-refractivity contribution in [3.05, 3.63) is 70.4 Å². The number of carbonyl (C=O) groups is 1. The van der Waals surface area contributed by atoms with E-state index in [9.17, 15) is 27.2 Å². The maximum Gasteiger partial charge on any atom is 0.573 e. The van der Waals surface area contributed by atoms with E-state index in [2.05, 4.69) is 25.3 Å². The monoisotopic (exact) mass is 437 g/mol. The number of alkyl halides is 3. The maximum absolute atomic E-state index is 13.9. The van der Waals surface area contributed by atoms with Gasteiger partial charge in [-0.2, -0.15) is 4.98 Å². The second-order valence-corrected chi connectivity index (χ2v) is 6.10. The van der Waals surface area contributed by atoms with Crippen LogP contribution in [0, 0.1) is 5.82 Å². The van der Waals surface area contributed by atoms with Crippen molar-refractivity contribution in [3.8, 4) is 16.9 Å². The van der Waals surface area contributed by atoms with Crippen LogP contribution in [-0.4, -0.2) is 22.4 Å². The fraction of sp³-hybridized carbons (Fsp3) is 0.105. The molecule has 3 aromatic rings. The highest BCUT2D eigenvalue weighted by Crippen LogP contribution is 2.30. The lowest BCUT2D eigenvalue weighted by atomic mass is 10.1. The standard InChI is InChI=1S/C19H15F4N5O3/c20-13-7-10(5-6-11(13)8-24)12-9-25-17(27-16(12)29)28-18(30)26-14-3-1-2-4-15(14)31-19(21,22)23/h1-7,9H,8,24H2,(H3,25,26,27,28,29,30). The van der Waals surface area contributed by atoms with E-state index in [0.29, 0.717) is 0 Å². The summed E-state index contributed by atoms with van der Waals surface area (Å²) < 4.78 is 55.1. The quantitative estimate of drug-likeness (QED) is 0.455. The fourth-order valence-corrected chi connectivity index (χ4v) is 2.59. The number of H-pyrrole nitrogens is 1. The van der Waals surface area contributed by atoms with Gasteiger partial charge < -0.3 is 20.8 Å². The van der Waals surface area contributed by atoms with Crippen molar-refractivity contribution in [2.75, 3.05) is 10.6 Å². The number of rotatable bonds is 5. The molecule has 0 aliphatic carbocycles. The van der Waals surface area contributed by atoms with Crippen LogP contribution in [0.2, 0.25) is 0 Å². The summed E-state index contributed by atoms with van der Waals surface area (Å²) in [6.07, 6.45) is -3.73. The van der Waals surface area contributed by atoms with Crippen molar-refractivity contribution in [3.63, 3.8) is 0 Å². The number of carbonyl (C=O) groups excluding carboxylic acids is 1. The number of hydrogen-bond donors (Lipinski definition) is 4. The first-order valence-electron chi connectivity index (χ1n) is 8.67. The number of para-hydroxylation sites is 2. The molecule has 0 bridgehead atoms. The maximum atomic E-state index is 13.9. The predicted molar refractivity (Wildman–Crippen MR) is 104 cm³/mol. The minimum atomic E-state index is -4.95. The number of anilines is 2. The smallest absolute Gasteiger partial charge is 0.404 e. The van der Waals surface area contributed by atoms with Gasteiger partial charge in [0.25, 0.3) is 5.56 Å². The van der Waals surface area contributed by atoms with Gasteiger partial charge in [-0.1, -0.05) is 24.3 Å². The van der Waals surface area contributed by atoms with Crippen LogP contribution >= 0.6 is 0 Å². The number of nitrogens with one attached hydrogen (secondary N) is 3. The molecule has 8 nitrogen and oxygen atoms in total. The van der Waals surface area contributed by atoms with Gasteiger partial charge in [-0.05, 0) is 23.8 Å². The van der Waals surface area contributed by atoms with Crippen molar-refractivity contribution >= 4 is 17.7 Å². The fourth-order valence-electron chi connectivity index (χ4n) is 2.59. The molecule has 0 saturated heterocycles. The van der Waals surface area contributed by atoms with Crippen LogP contribution in [0.25, 0.3) is 11.1 Å². The number of aromatic nitrogens is 2. The number of hydrogen-bond acceptors (Lipinski definition) is 5. The first-order chi connectivity index (χ1) is 14.7. The second-order valence-electron chi connectivity index (χ2n) is 6.10. The molecule has 2 aromatic carbocycles. The minimum Gasteiger partial charge on any atom is -0.404 e. The van der Waals surface area contributed by atoms with E-state index in [1.165, 1.54) is 36.5 Å². The summed E-state index contributed by atoms with van der Waals surface area (Å²) in [6, 6.07) is 7.98. The van der Waals surface area contributed by atoms with Crippen molar-refractivity contribution in [2.45, 2.75) is 12.9 Å². The molecule has 31 heavy (non-hydrogen) atoms. The lowest BCUT2D eigenvalue weighted by Crippen LogP contribution is -2.24. The number of benzene rings is 2. The van der Waals surface area contributed by atoms with Gasteiger partial charge in [0.1, 0.15) is 5.82 Å². The number of ether oxygens (including phenoxy) is 1. The Hall–Kier alpha value is -3.93. The minimum absolute atomic E-state index is 0.00414. The Morgan fingerprint density at radius 1 is 1.16 bits per heavy atom. The van der Waals surface area contributed by atoms with Crippen molar-refractivity contribution in [1.82, 2.24) is 9.97 Å². The van der Waals surface area contributed by atoms with Crippen LogP contribution in [0.3, 0.4) is 0 Å². The lowest BCUT2D eigenvalue weighted by molar-refractivity contribution is -0.274. The molecule has 2 amide bonds. The average molecular weight is 437 g/mol. The SMILES string of the molecule is NCc1ccc(-c2c[nH]c(NC(=O)Nc3ccccc3OC(F)(F)F)nc2=O)cc1F. The molecule has 0 aliphatic rings. The number of halogens is 4. The highest BCUT2D eigenvalue weighted by Gasteiger charge is 2.32. The summed E-state index contributed by atoms with van der Waals surface area (Å²) in [4.78, 5) is 30.6. The van der Waals surface area contributed by atoms with E-state index in [1.807, 2.05) is 0 Å². The lowest BCUT2D eigenvalue weighted by Gasteiger charge is -2.14. The number of nitrogens with two attached hydrogens (primary N) is 1. The first kappa shape index (κ1) is 21.8. The van der Waals surface area contributed by atoms with Gasteiger partial charge in [0.05, 0.1) is 11.3 Å². The normalized spacial score (nSPS) is 11.1. The number of urea groups is 1. The predicted octanol–water partition coefficient (Wildman–Crippen LogP) is 3.58. The molecular formula is C19H15F4N5O3. The Labute approximate surface area is 172 Å². The summed E-state index contributed by atoms with van der Waals surface area (Å²) in [5.41, 5.74) is 4.94. The Morgan fingerprint density at radius 2 is 1.90 bits per heavy atom. The van der Waals surface area contributed by atoms with Crippen molar-refractivity contribution in [2.24, 2.45) is 5.73 Å². The van der Waals surface area contributed by atoms with E-state index in [4.69, 9.17) is 5.73 Å². The van der Waals surface area contributed by atoms with Gasteiger partial charge >= 0.3 is 12.4 Å². The topological polar surface area (TPSA) is 122 Å². The summed E-state index contributed by atoms with van der Waals surface area (Å²) >= 11 is 0. The molecule has 1 heterocycles. The third-order valence-electron chi connectivity index (χ3n) is 3.97. The molecule has 0 spiro atoms. The summed E-state index contributed by atoms with van der Waals surface area (Å²) in [5.74, 6) is -1.48. The van der Waals surface area contributed by atoms with Crippen LogP contribution < -0.4 is 26.7 Å². The van der Waals surface area contributed by atoms with Crippen LogP contribution in [0.1, 0.15) is 5.56 Å². The second kappa shape index (κ2) is 8.83. The Morgan fingerprint density at radius 3 is 2.55 bits per heavy atom. The molecule has 0 radical (unpaired) electrons. The molecule has 0 fully saturated rings. The molecule has 3 rings (SSSR count). The zero-order valence-corrected chi connectivity index (χ0v) is 15.6. The van der Waals surface area contributed by atoms with Crippen molar-refractivity contribution < 1.29 is 27.1 Å². The highest BCUT2D eigenvalue weighted by atomic mass is 19.4. The van der Waals surface area contributed by atoms with Gasteiger partial charge in [-0.25, -0.2) is 9.18 Å². The van der Waals surface area contributed by atoms with Gasteiger partial charge in [0, 0.05) is 18.3 Å². The number of aromatic amines is 1. The molecule has 0 saturated carbocycles. The third-order valence-corrected chi connectivity index (χ3v) is 3.97. The Kier molecular flexibility index (Phi) is 6.20. The Bertz CT molecular complexity index is 1160. The van der Waals surface area contributed by atoms with Crippen LogP contribution in [0.4, 0.5) is 34.0 Å². The summed E-state index contributed by atoms with van der Waals surface area (Å²) in [7, 11) is 0. The van der Waals surface area contributed by atoms with E-state index in [0.717, 1.165) is 12.1 Å². The Balaban J connectivity index is 1.74. The zero-order valence-electron chi connectivity index (χ0n) is 15.6. The molecule has 12 heteroatoms. The summed E-state index contributed by atoms with van der Waals surface area (Å²) in [6.45, 7) is -0.00414. The van der Waals surface area contributed by atoms with Gasteiger partial charge in [0.2, 0.25) is 5.95 Å². The molecular weight excluding hydrogens is 422 g/mol. The number of amides is 2. The zero-order chi connectivity index (χ0) is 22.6. The molecule has 162 valence electrons. The van der Waals surface area contributed by atoms with E-state index < -0.39 is 29.5 Å². The van der Waals surface area contributed by atoms with E-state index in [1.54, 1.807) is 0 Å². The average Bonchev–Trinajstić information content (AvgIpc) is 2.68. The molecule has 0 unspecified atom stereocenters. The van der Waals surface area contributed by atoms with Crippen LogP contribution in [0.5, 0.6) is 5.75 Å². The van der Waals surface area contributed by atoms with E-state index in [-0.39, 0.29) is 34.9 Å². The molecule has 1 aromatic heterocycles. The van der Waals surface area contributed by atoms with Crippen LogP contribution in [0.15, 0.2) is 53.5 Å². The molecule has 5 N–H and O–H groups in total. The number of nitrogens with zero attached hydrogens (tertiary/aromatic N) is 1. The molecule has 0 atom stereocenters. The van der Waals surface area contributed by atoms with Crippen molar-refractivity contribution in [1.29, 1.82) is 0 Å². The van der Waals surface area contributed by atoms with Gasteiger partial charge in [0.15, 0.2) is 5.75 Å². The highest BCUT2D eigenvalue weighted by molar-refractivity contribution is 5.99. The van der Waals surface area contributed by atoms with Gasteiger partial charge in [-0.15, -0.1) is 13.2 Å². The van der Waals surface area contributed by atoms with E-state index >= 15 is 0 Å². The van der Waals surface area contributed by atoms with Gasteiger partial charge in [-0.3, -0.25) is 10.1 Å². The van der Waals surface area contributed by atoms with Crippen LogP contribution in [-0.2, 0) is 6.54 Å². The molecule has 0 aliphatic heterocycles. The third kappa shape index (κ3) is 5.57. The largest absolute Gasteiger partial charge is 0.573 e. The first-order valence-corrected chi connectivity index (χ1v) is 8.67.